The van der Waals surface area contributed by atoms with Crippen LogP contribution in [0.25, 0.3) is 0 Å². The summed E-state index contributed by atoms with van der Waals surface area (Å²) < 4.78 is 0. The van der Waals surface area contributed by atoms with Gasteiger partial charge in [0.05, 0.1) is 0 Å². The van der Waals surface area contributed by atoms with Crippen LogP contribution in [0.4, 0.5) is 4.79 Å². The number of carbonyl (C=O) groups excluding carboxylic acids is 1. The van der Waals surface area contributed by atoms with Crippen molar-refractivity contribution < 1.29 is 4.79 Å². The summed E-state index contributed by atoms with van der Waals surface area (Å²) in [6, 6.07) is 0.749. The van der Waals surface area contributed by atoms with Crippen LogP contribution in [0.2, 0.25) is 0 Å². The third-order valence-corrected chi connectivity index (χ3v) is 5.17. The molecule has 0 N–H and O–H groups in total. The number of nitrogens with zero attached hydrogens (tertiary/aromatic N) is 2. The Labute approximate surface area is 118 Å². The number of piperidine rings is 1. The van der Waals surface area contributed by atoms with Crippen molar-refractivity contribution >= 4 is 6.03 Å². The van der Waals surface area contributed by atoms with Crippen LogP contribution in [0.5, 0.6) is 0 Å². The number of amides is 2. The van der Waals surface area contributed by atoms with E-state index in [0.29, 0.717) is 12.0 Å². The molecule has 0 bridgehead atoms. The third-order valence-electron chi connectivity index (χ3n) is 5.17. The lowest BCUT2D eigenvalue weighted by atomic mass is 9.84. The van der Waals surface area contributed by atoms with Crippen molar-refractivity contribution in [3.8, 4) is 0 Å². The molecule has 0 aromatic rings. The lowest BCUT2D eigenvalue weighted by molar-refractivity contribution is 0.110. The van der Waals surface area contributed by atoms with Crippen LogP contribution in [0.1, 0.15) is 58.8 Å². The Balaban J connectivity index is 1.85. The van der Waals surface area contributed by atoms with Crippen molar-refractivity contribution in [2.75, 3.05) is 20.1 Å². The van der Waals surface area contributed by atoms with Crippen molar-refractivity contribution in [1.29, 1.82) is 0 Å². The molecule has 1 heterocycles. The van der Waals surface area contributed by atoms with Crippen molar-refractivity contribution in [3.05, 3.63) is 0 Å². The van der Waals surface area contributed by atoms with E-state index in [2.05, 4.69) is 18.7 Å². The zero-order valence-corrected chi connectivity index (χ0v) is 12.9. The van der Waals surface area contributed by atoms with E-state index in [1.165, 1.54) is 44.9 Å². The largest absolute Gasteiger partial charge is 0.325 e. The van der Waals surface area contributed by atoms with Gasteiger partial charge in [0.15, 0.2) is 0 Å². The van der Waals surface area contributed by atoms with E-state index in [9.17, 15) is 4.79 Å². The molecule has 1 aliphatic heterocycles. The summed E-state index contributed by atoms with van der Waals surface area (Å²) in [5, 5.41) is 0. The number of likely N-dealkylation sites (tertiary alicyclic amines) is 1. The molecule has 2 aliphatic rings. The van der Waals surface area contributed by atoms with Crippen LogP contribution in [-0.2, 0) is 0 Å². The fourth-order valence-electron chi connectivity index (χ4n) is 3.68. The lowest BCUT2D eigenvalue weighted by Crippen LogP contribution is -2.49. The fraction of sp³-hybridized carbons (Fsp3) is 0.938. The quantitative estimate of drug-likeness (QED) is 0.747. The Morgan fingerprint density at radius 2 is 1.89 bits per heavy atom. The summed E-state index contributed by atoms with van der Waals surface area (Å²) in [7, 11) is 2.01. The van der Waals surface area contributed by atoms with Gasteiger partial charge in [-0.1, -0.05) is 20.3 Å². The first-order valence-electron chi connectivity index (χ1n) is 8.13. The summed E-state index contributed by atoms with van der Waals surface area (Å²) in [4.78, 5) is 16.6. The van der Waals surface area contributed by atoms with Gasteiger partial charge in [-0.2, -0.15) is 0 Å². The van der Waals surface area contributed by atoms with Crippen LogP contribution in [0, 0.1) is 11.8 Å². The topological polar surface area (TPSA) is 23.6 Å². The van der Waals surface area contributed by atoms with Crippen LogP contribution < -0.4 is 0 Å². The SMILES string of the molecule is CCC1CCC(N(C)C(=O)N2CCCC(C)C2)CC1. The van der Waals surface area contributed by atoms with Gasteiger partial charge >= 0.3 is 6.03 Å². The fourth-order valence-corrected chi connectivity index (χ4v) is 3.68. The van der Waals surface area contributed by atoms with Crippen molar-refractivity contribution in [2.24, 2.45) is 11.8 Å². The average Bonchev–Trinajstić information content (AvgIpc) is 2.46. The van der Waals surface area contributed by atoms with Crippen molar-refractivity contribution in [3.63, 3.8) is 0 Å². The van der Waals surface area contributed by atoms with Crippen LogP contribution in [0.3, 0.4) is 0 Å². The van der Waals surface area contributed by atoms with Gasteiger partial charge in [-0.3, -0.25) is 0 Å². The highest BCUT2D eigenvalue weighted by atomic mass is 16.2. The molecule has 19 heavy (non-hydrogen) atoms. The molecule has 1 atom stereocenters. The molecule has 0 aromatic heterocycles. The second-order valence-electron chi connectivity index (χ2n) is 6.67. The van der Waals surface area contributed by atoms with Gasteiger partial charge in [-0.25, -0.2) is 4.79 Å². The molecule has 0 aromatic carbocycles. The number of hydrogen-bond donors (Lipinski definition) is 0. The molecule has 1 aliphatic carbocycles. The monoisotopic (exact) mass is 266 g/mol. The molecule has 1 unspecified atom stereocenters. The van der Waals surface area contributed by atoms with E-state index in [4.69, 9.17) is 0 Å². The van der Waals surface area contributed by atoms with Gasteiger partial charge in [0, 0.05) is 26.2 Å². The number of rotatable bonds is 2. The summed E-state index contributed by atoms with van der Waals surface area (Å²) >= 11 is 0. The second kappa shape index (κ2) is 6.62. The first kappa shape index (κ1) is 14.7. The molecule has 1 saturated carbocycles. The van der Waals surface area contributed by atoms with Crippen molar-refractivity contribution in [1.82, 2.24) is 9.80 Å². The van der Waals surface area contributed by atoms with E-state index in [-0.39, 0.29) is 6.03 Å². The van der Waals surface area contributed by atoms with Gasteiger partial charge < -0.3 is 9.80 Å². The Morgan fingerprint density at radius 1 is 1.21 bits per heavy atom. The normalized spacial score (nSPS) is 32.2. The molecule has 2 rings (SSSR count). The Hall–Kier alpha value is -0.730. The highest BCUT2D eigenvalue weighted by molar-refractivity contribution is 5.74. The minimum atomic E-state index is 0.270. The summed E-state index contributed by atoms with van der Waals surface area (Å²) in [6.07, 6.45) is 8.74. The molecule has 0 spiro atoms. The Morgan fingerprint density at radius 3 is 2.47 bits per heavy atom. The predicted molar refractivity (Wildman–Crippen MR) is 79.2 cm³/mol. The molecule has 3 nitrogen and oxygen atoms in total. The van der Waals surface area contributed by atoms with Crippen LogP contribution in [-0.4, -0.2) is 42.0 Å². The van der Waals surface area contributed by atoms with Crippen molar-refractivity contribution in [2.45, 2.75) is 64.8 Å². The number of carbonyl (C=O) groups is 1. The van der Waals surface area contributed by atoms with Gasteiger partial charge in [0.2, 0.25) is 0 Å². The second-order valence-corrected chi connectivity index (χ2v) is 6.67. The average molecular weight is 266 g/mol. The maximum Gasteiger partial charge on any atom is 0.319 e. The predicted octanol–water partition coefficient (Wildman–Crippen LogP) is 3.74. The minimum absolute atomic E-state index is 0.270. The minimum Gasteiger partial charge on any atom is -0.325 e. The van der Waals surface area contributed by atoms with E-state index in [1.54, 1.807) is 0 Å². The first-order valence-corrected chi connectivity index (χ1v) is 8.13. The third kappa shape index (κ3) is 3.64. The maximum atomic E-state index is 12.5. The Bertz CT molecular complexity index is 297. The molecular formula is C16H30N2O. The van der Waals surface area contributed by atoms with Crippen LogP contribution >= 0.6 is 0 Å². The summed E-state index contributed by atoms with van der Waals surface area (Å²) in [5.74, 6) is 1.57. The zero-order chi connectivity index (χ0) is 13.8. The zero-order valence-electron chi connectivity index (χ0n) is 12.9. The van der Waals surface area contributed by atoms with Gasteiger partial charge in [-0.15, -0.1) is 0 Å². The standard InChI is InChI=1S/C16H30N2O/c1-4-14-7-9-15(10-8-14)17(3)16(19)18-11-5-6-13(2)12-18/h13-15H,4-12H2,1-3H3. The molecular weight excluding hydrogens is 236 g/mol. The summed E-state index contributed by atoms with van der Waals surface area (Å²) in [6.45, 7) is 6.45. The lowest BCUT2D eigenvalue weighted by Gasteiger charge is -2.39. The molecule has 0 radical (unpaired) electrons. The maximum absolute atomic E-state index is 12.5. The highest BCUT2D eigenvalue weighted by Gasteiger charge is 2.29. The van der Waals surface area contributed by atoms with Gasteiger partial charge in [0.25, 0.3) is 0 Å². The van der Waals surface area contributed by atoms with Gasteiger partial charge in [-0.05, 0) is 50.4 Å². The molecule has 3 heteroatoms. The number of hydrogen-bond acceptors (Lipinski definition) is 1. The first-order chi connectivity index (χ1) is 9.11. The Kier molecular flexibility index (Phi) is 5.12. The van der Waals surface area contributed by atoms with E-state index in [0.717, 1.165) is 19.0 Å². The summed E-state index contributed by atoms with van der Waals surface area (Å²) in [5.41, 5.74) is 0. The smallest absolute Gasteiger partial charge is 0.319 e. The van der Waals surface area contributed by atoms with E-state index >= 15 is 0 Å². The highest BCUT2D eigenvalue weighted by Crippen LogP contribution is 2.29. The molecule has 2 fully saturated rings. The molecule has 1 saturated heterocycles. The number of urea groups is 1. The molecule has 110 valence electrons. The van der Waals surface area contributed by atoms with Gasteiger partial charge in [0.1, 0.15) is 0 Å². The van der Waals surface area contributed by atoms with E-state index < -0.39 is 0 Å². The molecule has 2 amide bonds. The van der Waals surface area contributed by atoms with Crippen LogP contribution in [0.15, 0.2) is 0 Å². The van der Waals surface area contributed by atoms with E-state index in [1.807, 2.05) is 11.9 Å².